The van der Waals surface area contributed by atoms with Crippen LogP contribution in [0.2, 0.25) is 0 Å². The van der Waals surface area contributed by atoms with Gasteiger partial charge in [-0.15, -0.1) is 11.8 Å². The number of hydrogen-bond acceptors (Lipinski definition) is 4. The molecule has 0 amide bonds. The van der Waals surface area contributed by atoms with Crippen molar-refractivity contribution < 1.29 is 14.3 Å². The smallest absolute Gasteiger partial charge is 0.326 e. The molecule has 0 spiro atoms. The van der Waals surface area contributed by atoms with Gasteiger partial charge in [-0.25, -0.2) is 0 Å². The molecule has 4 heteroatoms. The number of thioether (sulfide) groups is 1. The summed E-state index contributed by atoms with van der Waals surface area (Å²) in [7, 11) is 1.30. The van der Waals surface area contributed by atoms with Gasteiger partial charge in [0.2, 0.25) is 0 Å². The van der Waals surface area contributed by atoms with Crippen LogP contribution in [0.3, 0.4) is 0 Å². The SMILES string of the molecule is COC(=O)[C@H]1SC[C@H](C)C1=O. The Bertz CT molecular complexity index is 190. The van der Waals surface area contributed by atoms with E-state index in [1.165, 1.54) is 18.9 Å². The first-order valence-corrected chi connectivity index (χ1v) is 4.45. The monoisotopic (exact) mass is 174 g/mol. The number of methoxy groups -OCH3 is 1. The molecule has 0 radical (unpaired) electrons. The summed E-state index contributed by atoms with van der Waals surface area (Å²) >= 11 is 1.37. The molecule has 1 aliphatic rings. The highest BCUT2D eigenvalue weighted by Crippen LogP contribution is 2.28. The lowest BCUT2D eigenvalue weighted by atomic mass is 10.1. The van der Waals surface area contributed by atoms with Gasteiger partial charge in [-0.3, -0.25) is 9.59 Å². The summed E-state index contributed by atoms with van der Waals surface area (Å²) in [6, 6.07) is 0. The molecule has 0 aromatic carbocycles. The minimum Gasteiger partial charge on any atom is -0.468 e. The Morgan fingerprint density at radius 2 is 2.36 bits per heavy atom. The van der Waals surface area contributed by atoms with Crippen LogP contribution in [0, 0.1) is 5.92 Å². The second kappa shape index (κ2) is 3.26. The zero-order valence-electron chi connectivity index (χ0n) is 6.49. The lowest BCUT2D eigenvalue weighted by Crippen LogP contribution is -2.26. The molecule has 0 aromatic heterocycles. The Morgan fingerprint density at radius 1 is 1.73 bits per heavy atom. The second-order valence-electron chi connectivity index (χ2n) is 2.54. The van der Waals surface area contributed by atoms with Crippen molar-refractivity contribution in [3.05, 3.63) is 0 Å². The number of carbonyl (C=O) groups is 2. The summed E-state index contributed by atoms with van der Waals surface area (Å²) < 4.78 is 4.47. The number of ether oxygens (including phenoxy) is 1. The Hall–Kier alpha value is -0.510. The van der Waals surface area contributed by atoms with Gasteiger partial charge in [0.05, 0.1) is 7.11 Å². The minimum atomic E-state index is -0.560. The third-order valence-electron chi connectivity index (χ3n) is 1.67. The third-order valence-corrected chi connectivity index (χ3v) is 3.12. The van der Waals surface area contributed by atoms with Crippen LogP contribution in [-0.2, 0) is 14.3 Å². The van der Waals surface area contributed by atoms with E-state index in [1.807, 2.05) is 6.92 Å². The molecule has 0 unspecified atom stereocenters. The van der Waals surface area contributed by atoms with Gasteiger partial charge in [0.15, 0.2) is 11.0 Å². The Morgan fingerprint density at radius 3 is 2.73 bits per heavy atom. The maximum atomic E-state index is 11.2. The zero-order chi connectivity index (χ0) is 8.43. The van der Waals surface area contributed by atoms with Crippen molar-refractivity contribution in [3.8, 4) is 0 Å². The van der Waals surface area contributed by atoms with E-state index in [1.54, 1.807) is 0 Å². The molecule has 1 rings (SSSR count). The van der Waals surface area contributed by atoms with Crippen LogP contribution in [0.15, 0.2) is 0 Å². The highest BCUT2D eigenvalue weighted by Gasteiger charge is 2.37. The van der Waals surface area contributed by atoms with E-state index in [2.05, 4.69) is 4.74 Å². The Labute approximate surface area is 69.5 Å². The summed E-state index contributed by atoms with van der Waals surface area (Å²) in [4.78, 5) is 22.1. The molecule has 0 aromatic rings. The van der Waals surface area contributed by atoms with Crippen LogP contribution in [0.4, 0.5) is 0 Å². The van der Waals surface area contributed by atoms with E-state index < -0.39 is 11.2 Å². The average molecular weight is 174 g/mol. The molecule has 1 saturated heterocycles. The second-order valence-corrected chi connectivity index (χ2v) is 3.68. The third kappa shape index (κ3) is 1.56. The van der Waals surface area contributed by atoms with Crippen LogP contribution in [0.25, 0.3) is 0 Å². The summed E-state index contributed by atoms with van der Waals surface area (Å²) in [5, 5.41) is -0.560. The largest absolute Gasteiger partial charge is 0.468 e. The lowest BCUT2D eigenvalue weighted by Gasteiger charge is -2.03. The molecule has 0 bridgehead atoms. The molecule has 3 nitrogen and oxygen atoms in total. The Balaban J connectivity index is 2.62. The maximum Gasteiger partial charge on any atom is 0.326 e. The van der Waals surface area contributed by atoms with Gasteiger partial charge in [0.1, 0.15) is 0 Å². The fourth-order valence-electron chi connectivity index (χ4n) is 0.954. The van der Waals surface area contributed by atoms with E-state index in [4.69, 9.17) is 0 Å². The first-order chi connectivity index (χ1) is 5.16. The van der Waals surface area contributed by atoms with Crippen molar-refractivity contribution in [1.29, 1.82) is 0 Å². The van der Waals surface area contributed by atoms with Crippen LogP contribution in [-0.4, -0.2) is 29.9 Å². The first-order valence-electron chi connectivity index (χ1n) is 3.40. The van der Waals surface area contributed by atoms with Gasteiger partial charge in [-0.2, -0.15) is 0 Å². The zero-order valence-corrected chi connectivity index (χ0v) is 7.31. The van der Waals surface area contributed by atoms with Crippen molar-refractivity contribution in [2.75, 3.05) is 12.9 Å². The predicted octanol–water partition coefficient (Wildman–Crippen LogP) is 0.480. The topological polar surface area (TPSA) is 43.4 Å². The lowest BCUT2D eigenvalue weighted by molar-refractivity contribution is -0.142. The normalized spacial score (nSPS) is 30.5. The van der Waals surface area contributed by atoms with E-state index in [9.17, 15) is 9.59 Å². The predicted molar refractivity (Wildman–Crippen MR) is 42.4 cm³/mol. The maximum absolute atomic E-state index is 11.2. The molecule has 1 aliphatic heterocycles. The molecule has 1 fully saturated rings. The van der Waals surface area contributed by atoms with E-state index in [0.29, 0.717) is 0 Å². The molecule has 2 atom stereocenters. The van der Waals surface area contributed by atoms with Gasteiger partial charge in [-0.1, -0.05) is 6.92 Å². The highest BCUT2D eigenvalue weighted by atomic mass is 32.2. The summed E-state index contributed by atoms with van der Waals surface area (Å²) in [6.45, 7) is 1.83. The van der Waals surface area contributed by atoms with Crippen molar-refractivity contribution in [3.63, 3.8) is 0 Å². The number of hydrogen-bond donors (Lipinski definition) is 0. The fourth-order valence-corrected chi connectivity index (χ4v) is 2.23. The summed E-state index contributed by atoms with van der Waals surface area (Å²) in [5.41, 5.74) is 0. The number of rotatable bonds is 1. The molecule has 1 heterocycles. The van der Waals surface area contributed by atoms with Crippen molar-refractivity contribution >= 4 is 23.5 Å². The van der Waals surface area contributed by atoms with E-state index >= 15 is 0 Å². The van der Waals surface area contributed by atoms with Crippen LogP contribution in [0.5, 0.6) is 0 Å². The quantitative estimate of drug-likeness (QED) is 0.428. The number of ketones is 1. The van der Waals surface area contributed by atoms with Gasteiger partial charge < -0.3 is 4.74 Å². The molecule has 0 N–H and O–H groups in total. The van der Waals surface area contributed by atoms with Crippen LogP contribution in [0.1, 0.15) is 6.92 Å². The van der Waals surface area contributed by atoms with Crippen molar-refractivity contribution in [2.24, 2.45) is 5.92 Å². The van der Waals surface area contributed by atoms with Crippen LogP contribution >= 0.6 is 11.8 Å². The van der Waals surface area contributed by atoms with Gasteiger partial charge >= 0.3 is 5.97 Å². The molecular formula is C7H10O3S. The molecular weight excluding hydrogens is 164 g/mol. The number of Topliss-reactive ketones (excluding diaryl/α,β-unsaturated/α-hetero) is 1. The summed E-state index contributed by atoms with van der Waals surface area (Å²) in [5.74, 6) is 0.328. The molecule has 62 valence electrons. The molecule has 0 aliphatic carbocycles. The van der Waals surface area contributed by atoms with Gasteiger partial charge in [0, 0.05) is 11.7 Å². The first kappa shape index (κ1) is 8.59. The standard InChI is InChI=1S/C7H10O3S/c1-4-3-11-6(5(4)8)7(9)10-2/h4,6H,3H2,1-2H3/t4-,6-/m0/s1. The number of carbonyl (C=O) groups excluding carboxylic acids is 2. The van der Waals surface area contributed by atoms with E-state index in [-0.39, 0.29) is 11.7 Å². The van der Waals surface area contributed by atoms with Crippen LogP contribution < -0.4 is 0 Å². The van der Waals surface area contributed by atoms with Gasteiger partial charge in [0.25, 0.3) is 0 Å². The number of esters is 1. The molecule has 11 heavy (non-hydrogen) atoms. The van der Waals surface area contributed by atoms with E-state index in [0.717, 1.165) is 5.75 Å². The molecule has 0 saturated carbocycles. The average Bonchev–Trinajstić information content (AvgIpc) is 2.32. The van der Waals surface area contributed by atoms with Crippen molar-refractivity contribution in [1.82, 2.24) is 0 Å². The van der Waals surface area contributed by atoms with Gasteiger partial charge in [-0.05, 0) is 0 Å². The highest BCUT2D eigenvalue weighted by molar-refractivity contribution is 8.01. The van der Waals surface area contributed by atoms with Crippen molar-refractivity contribution in [2.45, 2.75) is 12.2 Å². The minimum absolute atomic E-state index is 0.00171. The Kier molecular flexibility index (Phi) is 2.54. The fraction of sp³-hybridized carbons (Fsp3) is 0.714. The summed E-state index contributed by atoms with van der Waals surface area (Å²) in [6.07, 6.45) is 0.